The third-order valence-electron chi connectivity index (χ3n) is 9.12. The lowest BCUT2D eigenvalue weighted by Gasteiger charge is -2.27. The average Bonchev–Trinajstić information content (AvgIpc) is 3.09. The highest BCUT2D eigenvalue weighted by molar-refractivity contribution is 5.72. The molecule has 0 atom stereocenters. The van der Waals surface area contributed by atoms with Crippen molar-refractivity contribution in [1.82, 2.24) is 20.3 Å². The number of benzene rings is 4. The fourth-order valence-electron chi connectivity index (χ4n) is 6.11. The van der Waals surface area contributed by atoms with Crippen LogP contribution in [0.5, 0.6) is 11.5 Å². The van der Waals surface area contributed by atoms with Gasteiger partial charge in [0.15, 0.2) is 17.5 Å². The quantitative estimate of drug-likeness (QED) is 0.111. The van der Waals surface area contributed by atoms with Gasteiger partial charge in [0.1, 0.15) is 11.5 Å². The van der Waals surface area contributed by atoms with Gasteiger partial charge in [0.25, 0.3) is 0 Å². The number of alkyl carbamates (subject to hydrolysis) is 1. The van der Waals surface area contributed by atoms with E-state index in [1.54, 1.807) is 12.1 Å². The summed E-state index contributed by atoms with van der Waals surface area (Å²) in [5.41, 5.74) is 9.21. The molecule has 4 aromatic carbocycles. The zero-order chi connectivity index (χ0) is 37.4. The number of aromatic hydroxyl groups is 1. The Labute approximate surface area is 308 Å². The fraction of sp³-hybridized carbons (Fsp3) is 0.318. The number of phenols is 1. The molecule has 2 N–H and O–H groups in total. The number of hydrogen-bond donors (Lipinski definition) is 2. The van der Waals surface area contributed by atoms with Crippen LogP contribution >= 0.6 is 0 Å². The molecular formula is C44H50N4O4. The van der Waals surface area contributed by atoms with Crippen LogP contribution in [0.2, 0.25) is 0 Å². The number of ether oxygens (including phenoxy) is 2. The number of amides is 1. The highest BCUT2D eigenvalue weighted by atomic mass is 16.5. The lowest BCUT2D eigenvalue weighted by Crippen LogP contribution is -2.41. The summed E-state index contributed by atoms with van der Waals surface area (Å²) < 4.78 is 11.4. The minimum atomic E-state index is -0.579. The summed E-state index contributed by atoms with van der Waals surface area (Å²) in [6.45, 7) is 18.9. The van der Waals surface area contributed by atoms with Crippen molar-refractivity contribution in [1.29, 1.82) is 0 Å². The Morgan fingerprint density at radius 1 is 0.731 bits per heavy atom. The number of hydrogen-bond acceptors (Lipinski definition) is 7. The van der Waals surface area contributed by atoms with Crippen molar-refractivity contribution in [3.05, 3.63) is 119 Å². The first kappa shape index (κ1) is 37.7. The monoisotopic (exact) mass is 698 g/mol. The van der Waals surface area contributed by atoms with E-state index in [4.69, 9.17) is 24.4 Å². The average molecular weight is 699 g/mol. The topological polar surface area (TPSA) is 106 Å². The maximum absolute atomic E-state index is 12.5. The molecule has 0 saturated heterocycles. The smallest absolute Gasteiger partial charge is 0.407 e. The molecule has 0 fully saturated rings. The van der Waals surface area contributed by atoms with Gasteiger partial charge in [-0.1, -0.05) is 77.9 Å². The number of allylic oxidation sites excluding steroid dienone is 1. The standard InChI is InChI=1S/C44H50N4O4/c1-28(2)33-14-13-15-34(26-33)44(7,8)48-43(50)52-23-12-10-9-11-22-51-35-18-21-38(39(49)27-35)42-46-40(36-19-16-29(3)24-31(36)5)45-41(47-42)37-20-17-30(4)25-32(37)6/h13-21,24-27,49H,1,9-12,22-23H2,2-8H3,(H,48,50). The molecule has 0 aliphatic heterocycles. The number of carbonyl (C=O) groups is 1. The first-order valence-electron chi connectivity index (χ1n) is 17.9. The summed E-state index contributed by atoms with van der Waals surface area (Å²) in [6, 6.07) is 25.6. The van der Waals surface area contributed by atoms with E-state index in [9.17, 15) is 9.90 Å². The highest BCUT2D eigenvalue weighted by Gasteiger charge is 2.24. The molecule has 1 aromatic heterocycles. The van der Waals surface area contributed by atoms with Gasteiger partial charge in [0.2, 0.25) is 0 Å². The minimum Gasteiger partial charge on any atom is -0.507 e. The van der Waals surface area contributed by atoms with Gasteiger partial charge >= 0.3 is 6.09 Å². The second-order valence-electron chi connectivity index (χ2n) is 14.1. The molecule has 270 valence electrons. The Bertz CT molecular complexity index is 2000. The minimum absolute atomic E-state index is 0.0315. The Kier molecular flexibility index (Phi) is 12.1. The number of aryl methyl sites for hydroxylation is 4. The molecule has 1 heterocycles. The SMILES string of the molecule is C=C(C)c1cccc(C(C)(C)NC(=O)OCCCCCCOc2ccc(-c3nc(-c4ccc(C)cc4C)nc(-c4ccc(C)cc4C)n3)c(O)c2)c1. The zero-order valence-corrected chi connectivity index (χ0v) is 31.5. The number of carbonyl (C=O) groups excluding carboxylic acids is 1. The summed E-state index contributed by atoms with van der Waals surface area (Å²) in [5, 5.41) is 14.1. The van der Waals surface area contributed by atoms with Gasteiger partial charge in [0.05, 0.1) is 24.3 Å². The van der Waals surface area contributed by atoms with E-state index in [-0.39, 0.29) is 5.75 Å². The molecule has 5 rings (SSSR count). The molecular weight excluding hydrogens is 649 g/mol. The van der Waals surface area contributed by atoms with E-state index < -0.39 is 11.6 Å². The zero-order valence-electron chi connectivity index (χ0n) is 31.5. The van der Waals surface area contributed by atoms with Crippen LogP contribution < -0.4 is 10.1 Å². The van der Waals surface area contributed by atoms with Crippen molar-refractivity contribution in [2.75, 3.05) is 13.2 Å². The van der Waals surface area contributed by atoms with Crippen LogP contribution in [-0.4, -0.2) is 39.4 Å². The van der Waals surface area contributed by atoms with Gasteiger partial charge < -0.3 is 19.9 Å². The first-order chi connectivity index (χ1) is 24.8. The molecule has 5 aromatic rings. The summed E-state index contributed by atoms with van der Waals surface area (Å²) in [5.74, 6) is 2.09. The highest BCUT2D eigenvalue weighted by Crippen LogP contribution is 2.34. The molecule has 0 bridgehead atoms. The largest absolute Gasteiger partial charge is 0.507 e. The van der Waals surface area contributed by atoms with E-state index in [1.165, 1.54) is 0 Å². The number of nitrogens with one attached hydrogen (secondary N) is 1. The molecule has 0 aliphatic rings. The van der Waals surface area contributed by atoms with Crippen LogP contribution in [0.3, 0.4) is 0 Å². The Morgan fingerprint density at radius 3 is 1.85 bits per heavy atom. The van der Waals surface area contributed by atoms with E-state index >= 15 is 0 Å². The van der Waals surface area contributed by atoms with E-state index in [1.807, 2.05) is 89.2 Å². The van der Waals surface area contributed by atoms with Crippen molar-refractivity contribution in [3.63, 3.8) is 0 Å². The number of unbranched alkanes of at least 4 members (excludes halogenated alkanes) is 3. The number of rotatable bonds is 14. The lowest BCUT2D eigenvalue weighted by atomic mass is 9.92. The van der Waals surface area contributed by atoms with E-state index in [2.05, 4.69) is 37.9 Å². The van der Waals surface area contributed by atoms with Crippen LogP contribution in [0.25, 0.3) is 39.7 Å². The Balaban J connectivity index is 1.14. The lowest BCUT2D eigenvalue weighted by molar-refractivity contribution is 0.133. The first-order valence-corrected chi connectivity index (χ1v) is 17.9. The summed E-state index contributed by atoms with van der Waals surface area (Å²) in [4.78, 5) is 27.0. The maximum Gasteiger partial charge on any atom is 0.407 e. The Morgan fingerprint density at radius 2 is 1.29 bits per heavy atom. The van der Waals surface area contributed by atoms with Crippen LogP contribution in [0, 0.1) is 27.7 Å². The predicted octanol–water partition coefficient (Wildman–Crippen LogP) is 10.4. The summed E-state index contributed by atoms with van der Waals surface area (Å²) in [6.07, 6.45) is 2.97. The molecule has 0 aliphatic carbocycles. The summed E-state index contributed by atoms with van der Waals surface area (Å²) in [7, 11) is 0. The third kappa shape index (κ3) is 9.63. The van der Waals surface area contributed by atoms with E-state index in [0.29, 0.717) is 42.0 Å². The molecule has 0 unspecified atom stereocenters. The van der Waals surface area contributed by atoms with Crippen molar-refractivity contribution >= 4 is 11.7 Å². The second kappa shape index (κ2) is 16.7. The van der Waals surface area contributed by atoms with Gasteiger partial charge in [-0.05, 0) is 115 Å². The molecule has 1 amide bonds. The van der Waals surface area contributed by atoms with Gasteiger partial charge in [0, 0.05) is 17.2 Å². The normalized spacial score (nSPS) is 11.3. The molecule has 8 heteroatoms. The van der Waals surface area contributed by atoms with Crippen molar-refractivity contribution < 1.29 is 19.4 Å². The van der Waals surface area contributed by atoms with Gasteiger partial charge in [-0.15, -0.1) is 0 Å². The third-order valence-corrected chi connectivity index (χ3v) is 9.12. The van der Waals surface area contributed by atoms with Crippen molar-refractivity contribution in [2.24, 2.45) is 0 Å². The van der Waals surface area contributed by atoms with Gasteiger partial charge in [-0.3, -0.25) is 0 Å². The van der Waals surface area contributed by atoms with Crippen LogP contribution in [0.1, 0.15) is 79.8 Å². The number of nitrogens with zero attached hydrogens (tertiary/aromatic N) is 3. The fourth-order valence-corrected chi connectivity index (χ4v) is 6.11. The van der Waals surface area contributed by atoms with E-state index in [0.717, 1.165) is 75.8 Å². The maximum atomic E-state index is 12.5. The number of phenolic OH excluding ortho intramolecular Hbond substituents is 1. The van der Waals surface area contributed by atoms with Gasteiger partial charge in [-0.2, -0.15) is 0 Å². The second-order valence-corrected chi connectivity index (χ2v) is 14.1. The molecule has 8 nitrogen and oxygen atoms in total. The van der Waals surface area contributed by atoms with Crippen molar-refractivity contribution in [3.8, 4) is 45.7 Å². The van der Waals surface area contributed by atoms with Crippen LogP contribution in [0.15, 0.2) is 85.4 Å². The van der Waals surface area contributed by atoms with Crippen LogP contribution in [0.4, 0.5) is 4.79 Å². The van der Waals surface area contributed by atoms with Crippen molar-refractivity contribution in [2.45, 2.75) is 79.7 Å². The summed E-state index contributed by atoms with van der Waals surface area (Å²) >= 11 is 0. The molecule has 0 radical (unpaired) electrons. The molecule has 0 saturated carbocycles. The predicted molar refractivity (Wildman–Crippen MR) is 209 cm³/mol. The molecule has 0 spiro atoms. The molecule has 52 heavy (non-hydrogen) atoms. The van der Waals surface area contributed by atoms with Crippen LogP contribution in [-0.2, 0) is 10.3 Å². The van der Waals surface area contributed by atoms with Gasteiger partial charge in [-0.25, -0.2) is 19.7 Å². The Hall–Kier alpha value is -5.50. The number of aromatic nitrogens is 3.